The standard InChI is InChI=1S/C27H43NO3/c1-16(2)28(17(3)4)24(29)23-10-9-21-20-8-7-19-15-18(25(30)31)11-13-26(19,5)22(20)12-14-27(21,23)6/h15-18,20-23H,7-14H2,1-6H3,(H,30,31)/t18-,20?,21?,22?,23+,26-,27-/m0/s1. The molecule has 4 aliphatic rings. The molecule has 3 fully saturated rings. The third-order valence-electron chi connectivity index (χ3n) is 10.1. The summed E-state index contributed by atoms with van der Waals surface area (Å²) in [5, 5.41) is 9.53. The van der Waals surface area contributed by atoms with Crippen LogP contribution in [0, 0.1) is 40.4 Å². The fraction of sp³-hybridized carbons (Fsp3) is 0.852. The van der Waals surface area contributed by atoms with Gasteiger partial charge in [-0.25, -0.2) is 0 Å². The fourth-order valence-electron chi connectivity index (χ4n) is 8.61. The number of carboxylic acids is 1. The van der Waals surface area contributed by atoms with Crippen LogP contribution in [0.1, 0.15) is 92.9 Å². The van der Waals surface area contributed by atoms with Crippen molar-refractivity contribution >= 4 is 11.9 Å². The highest BCUT2D eigenvalue weighted by Crippen LogP contribution is 2.67. The fourth-order valence-corrected chi connectivity index (χ4v) is 8.61. The molecule has 1 N–H and O–H groups in total. The highest BCUT2D eigenvalue weighted by molar-refractivity contribution is 5.80. The van der Waals surface area contributed by atoms with E-state index in [-0.39, 0.29) is 34.7 Å². The van der Waals surface area contributed by atoms with Crippen LogP contribution in [0.15, 0.2) is 11.6 Å². The molecule has 0 heterocycles. The maximum atomic E-state index is 13.7. The molecule has 3 unspecified atom stereocenters. The Balaban J connectivity index is 1.58. The van der Waals surface area contributed by atoms with E-state index in [0.717, 1.165) is 32.1 Å². The van der Waals surface area contributed by atoms with Crippen LogP contribution < -0.4 is 0 Å². The number of rotatable bonds is 4. The second-order valence-corrected chi connectivity index (χ2v) is 12.1. The number of hydrogen-bond donors (Lipinski definition) is 1. The molecule has 31 heavy (non-hydrogen) atoms. The molecular formula is C27H43NO3. The van der Waals surface area contributed by atoms with Crippen LogP contribution in [0.3, 0.4) is 0 Å². The average molecular weight is 430 g/mol. The lowest BCUT2D eigenvalue weighted by molar-refractivity contribution is -0.146. The molecule has 4 nitrogen and oxygen atoms in total. The minimum absolute atomic E-state index is 0.121. The third kappa shape index (κ3) is 3.47. The Morgan fingerprint density at radius 2 is 1.65 bits per heavy atom. The van der Waals surface area contributed by atoms with Gasteiger partial charge in [0, 0.05) is 18.0 Å². The molecular weight excluding hydrogens is 386 g/mol. The summed E-state index contributed by atoms with van der Waals surface area (Å²) < 4.78 is 0. The van der Waals surface area contributed by atoms with Crippen molar-refractivity contribution in [3.8, 4) is 0 Å². The first-order valence-electron chi connectivity index (χ1n) is 12.8. The van der Waals surface area contributed by atoms with Crippen molar-refractivity contribution < 1.29 is 14.7 Å². The Labute approximate surface area is 188 Å². The second-order valence-electron chi connectivity index (χ2n) is 12.1. The van der Waals surface area contributed by atoms with Crippen molar-refractivity contribution in [2.45, 2.75) is 105 Å². The number of carbonyl (C=O) groups excluding carboxylic acids is 1. The molecule has 4 heteroatoms. The predicted molar refractivity (Wildman–Crippen MR) is 123 cm³/mol. The number of nitrogens with zero attached hydrogens (tertiary/aromatic N) is 1. The highest BCUT2D eigenvalue weighted by Gasteiger charge is 2.60. The largest absolute Gasteiger partial charge is 0.481 e. The van der Waals surface area contributed by atoms with Crippen LogP contribution in [0.5, 0.6) is 0 Å². The lowest BCUT2D eigenvalue weighted by Crippen LogP contribution is -2.53. The highest BCUT2D eigenvalue weighted by atomic mass is 16.4. The first-order chi connectivity index (χ1) is 14.5. The molecule has 3 saturated carbocycles. The molecule has 0 aromatic carbocycles. The summed E-state index contributed by atoms with van der Waals surface area (Å²) in [7, 11) is 0. The van der Waals surface area contributed by atoms with Gasteiger partial charge in [-0.3, -0.25) is 9.59 Å². The van der Waals surface area contributed by atoms with E-state index in [4.69, 9.17) is 0 Å². The SMILES string of the molecule is CC(C)N(C(=O)[C@H]1CCC2C3CCC4=C[C@@H](C(=O)O)CC[C@]4(C)C3CC[C@@]21C)C(C)C. The molecule has 4 aliphatic carbocycles. The van der Waals surface area contributed by atoms with Crippen molar-refractivity contribution in [3.05, 3.63) is 11.6 Å². The molecule has 0 aromatic heterocycles. The predicted octanol–water partition coefficient (Wildman–Crippen LogP) is 5.91. The van der Waals surface area contributed by atoms with Gasteiger partial charge in [0.1, 0.15) is 0 Å². The Morgan fingerprint density at radius 3 is 2.26 bits per heavy atom. The number of fused-ring (bicyclic) bond motifs is 5. The van der Waals surface area contributed by atoms with Crippen molar-refractivity contribution in [1.82, 2.24) is 4.90 Å². The van der Waals surface area contributed by atoms with Crippen molar-refractivity contribution in [2.24, 2.45) is 40.4 Å². The molecule has 7 atom stereocenters. The lowest BCUT2D eigenvalue weighted by Gasteiger charge is -2.58. The van der Waals surface area contributed by atoms with E-state index in [1.54, 1.807) is 0 Å². The van der Waals surface area contributed by atoms with Crippen LogP contribution in [0.2, 0.25) is 0 Å². The number of carbonyl (C=O) groups is 2. The average Bonchev–Trinajstić information content (AvgIpc) is 3.03. The summed E-state index contributed by atoms with van der Waals surface area (Å²) in [4.78, 5) is 27.4. The van der Waals surface area contributed by atoms with E-state index in [0.29, 0.717) is 23.7 Å². The zero-order valence-electron chi connectivity index (χ0n) is 20.5. The van der Waals surface area contributed by atoms with E-state index in [2.05, 4.69) is 52.5 Å². The van der Waals surface area contributed by atoms with Gasteiger partial charge in [0.25, 0.3) is 0 Å². The smallest absolute Gasteiger partial charge is 0.310 e. The topological polar surface area (TPSA) is 57.6 Å². The van der Waals surface area contributed by atoms with Gasteiger partial charge in [-0.2, -0.15) is 0 Å². The van der Waals surface area contributed by atoms with Crippen molar-refractivity contribution in [1.29, 1.82) is 0 Å². The van der Waals surface area contributed by atoms with E-state index in [1.807, 2.05) is 0 Å². The van der Waals surface area contributed by atoms with Crippen LogP contribution in [-0.2, 0) is 9.59 Å². The van der Waals surface area contributed by atoms with Gasteiger partial charge in [0.2, 0.25) is 5.91 Å². The Morgan fingerprint density at radius 1 is 0.968 bits per heavy atom. The van der Waals surface area contributed by atoms with Crippen LogP contribution in [0.25, 0.3) is 0 Å². The van der Waals surface area contributed by atoms with Gasteiger partial charge in [-0.1, -0.05) is 25.5 Å². The quantitative estimate of drug-likeness (QED) is 0.565. The van der Waals surface area contributed by atoms with Crippen molar-refractivity contribution in [3.63, 3.8) is 0 Å². The van der Waals surface area contributed by atoms with Gasteiger partial charge < -0.3 is 10.0 Å². The first-order valence-corrected chi connectivity index (χ1v) is 12.8. The van der Waals surface area contributed by atoms with Gasteiger partial charge in [-0.15, -0.1) is 0 Å². The minimum atomic E-state index is -0.662. The van der Waals surface area contributed by atoms with Gasteiger partial charge in [0.05, 0.1) is 5.92 Å². The van der Waals surface area contributed by atoms with Crippen molar-refractivity contribution in [2.75, 3.05) is 0 Å². The Bertz CT molecular complexity index is 762. The number of amides is 1. The molecule has 0 saturated heterocycles. The molecule has 0 aromatic rings. The van der Waals surface area contributed by atoms with Crippen LogP contribution >= 0.6 is 0 Å². The molecule has 0 spiro atoms. The number of carboxylic acid groups (broad SMARTS) is 1. The molecule has 0 radical (unpaired) electrons. The lowest BCUT2D eigenvalue weighted by atomic mass is 9.46. The van der Waals surface area contributed by atoms with E-state index >= 15 is 0 Å². The summed E-state index contributed by atoms with van der Waals surface area (Å²) in [6.07, 6.45) is 10.7. The second kappa shape index (κ2) is 7.92. The van der Waals surface area contributed by atoms with Crippen LogP contribution in [0.4, 0.5) is 0 Å². The maximum absolute atomic E-state index is 13.7. The molecule has 174 valence electrons. The summed E-state index contributed by atoms with van der Waals surface area (Å²) in [5.74, 6) is 1.57. The monoisotopic (exact) mass is 429 g/mol. The Hall–Kier alpha value is -1.32. The van der Waals surface area contributed by atoms with E-state index in [1.165, 1.54) is 24.8 Å². The zero-order valence-corrected chi connectivity index (χ0v) is 20.5. The number of allylic oxidation sites excluding steroid dienone is 1. The summed E-state index contributed by atoms with van der Waals surface area (Å²) in [5.41, 5.74) is 1.71. The number of hydrogen-bond acceptors (Lipinski definition) is 2. The molecule has 0 aliphatic heterocycles. The van der Waals surface area contributed by atoms with Gasteiger partial charge in [-0.05, 0) is 108 Å². The normalized spacial score (nSPS) is 41.9. The van der Waals surface area contributed by atoms with Crippen LogP contribution in [-0.4, -0.2) is 34.0 Å². The number of aliphatic carboxylic acids is 1. The first kappa shape index (κ1) is 22.9. The van der Waals surface area contributed by atoms with E-state index in [9.17, 15) is 14.7 Å². The van der Waals surface area contributed by atoms with E-state index < -0.39 is 5.97 Å². The maximum Gasteiger partial charge on any atom is 0.310 e. The molecule has 1 amide bonds. The molecule has 4 rings (SSSR count). The molecule has 0 bridgehead atoms. The summed E-state index contributed by atoms with van der Waals surface area (Å²) in [6, 6.07) is 0.495. The summed E-state index contributed by atoms with van der Waals surface area (Å²) >= 11 is 0. The van der Waals surface area contributed by atoms with Gasteiger partial charge in [0.15, 0.2) is 0 Å². The Kier molecular flexibility index (Phi) is 5.84. The summed E-state index contributed by atoms with van der Waals surface area (Å²) in [6.45, 7) is 13.4. The minimum Gasteiger partial charge on any atom is -0.481 e. The zero-order chi connectivity index (χ0) is 22.7. The van der Waals surface area contributed by atoms with Gasteiger partial charge >= 0.3 is 5.97 Å². The third-order valence-corrected chi connectivity index (χ3v) is 10.1.